The molecule has 0 aliphatic carbocycles. The maximum atomic E-state index is 12.6. The van der Waals surface area contributed by atoms with Crippen LogP contribution in [0.1, 0.15) is 61.3 Å². The molecule has 0 aliphatic heterocycles. The molecule has 1 amide bonds. The van der Waals surface area contributed by atoms with Gasteiger partial charge >= 0.3 is 6.09 Å². The molecule has 272 valence electrons. The first kappa shape index (κ1) is 44.3. The summed E-state index contributed by atoms with van der Waals surface area (Å²) in [5.74, 6) is 0. The lowest BCUT2D eigenvalue weighted by atomic mass is 9.90. The normalized spacial score (nSPS) is 15.0. The molecule has 0 aromatic carbocycles. The van der Waals surface area contributed by atoms with E-state index in [0.717, 1.165) is 0 Å². The summed E-state index contributed by atoms with van der Waals surface area (Å²) in [4.78, 5) is 38.2. The predicted octanol–water partition coefficient (Wildman–Crippen LogP) is 2.07. The maximum Gasteiger partial charge on any atom is 0.407 e. The van der Waals surface area contributed by atoms with Crippen LogP contribution in [0.15, 0.2) is 0 Å². The van der Waals surface area contributed by atoms with Crippen molar-refractivity contribution in [3.8, 4) is 0 Å². The van der Waals surface area contributed by atoms with E-state index >= 15 is 0 Å². The zero-order valence-electron chi connectivity index (χ0n) is 28.3. The van der Waals surface area contributed by atoms with E-state index in [4.69, 9.17) is 37.8 Å². The topological polar surface area (TPSA) is 196 Å². The lowest BCUT2D eigenvalue weighted by molar-refractivity contribution is -0.226. The van der Waals surface area contributed by atoms with Gasteiger partial charge in [0.1, 0.15) is 19.8 Å². The molecule has 0 fully saturated rings. The minimum atomic E-state index is -0.963. The van der Waals surface area contributed by atoms with Crippen molar-refractivity contribution in [2.45, 2.75) is 90.8 Å². The quantitative estimate of drug-likeness (QED) is 0.0239. The minimum Gasteiger partial charge on any atom is -0.464 e. The van der Waals surface area contributed by atoms with E-state index < -0.39 is 44.0 Å². The number of alkyl carbamates (subject to hydrolysis) is 1. The third-order valence-corrected chi connectivity index (χ3v) is 6.83. The molecule has 16 nitrogen and oxygen atoms in total. The highest BCUT2D eigenvalue weighted by molar-refractivity contribution is 7.26. The van der Waals surface area contributed by atoms with E-state index in [-0.39, 0.29) is 85.1 Å². The van der Waals surface area contributed by atoms with Crippen LogP contribution in [0.2, 0.25) is 0 Å². The van der Waals surface area contributed by atoms with Crippen molar-refractivity contribution in [3.63, 3.8) is 0 Å². The number of hydrogen-bond acceptors (Lipinski definition) is 15. The second-order valence-corrected chi connectivity index (χ2v) is 12.8. The summed E-state index contributed by atoms with van der Waals surface area (Å²) in [6, 6.07) is 0. The van der Waals surface area contributed by atoms with Crippen molar-refractivity contribution < 1.29 is 71.8 Å². The van der Waals surface area contributed by atoms with Gasteiger partial charge in [0.05, 0.1) is 61.9 Å². The van der Waals surface area contributed by atoms with Crippen LogP contribution in [-0.4, -0.2) is 131 Å². The molecule has 4 unspecified atom stereocenters. The third kappa shape index (κ3) is 23.6. The van der Waals surface area contributed by atoms with Crippen LogP contribution in [0.4, 0.5) is 4.79 Å². The fourth-order valence-corrected chi connectivity index (χ4v) is 3.65. The van der Waals surface area contributed by atoms with Crippen molar-refractivity contribution in [3.05, 3.63) is 0 Å². The number of ether oxygens (including phenoxy) is 7. The summed E-state index contributed by atoms with van der Waals surface area (Å²) in [5, 5.41) is 21.6. The molecule has 0 heterocycles. The van der Waals surface area contributed by atoms with E-state index in [9.17, 15) is 24.6 Å². The number of nitrogens with one attached hydrogen (secondary N) is 1. The van der Waals surface area contributed by atoms with Gasteiger partial charge in [-0.25, -0.2) is 9.68 Å². The van der Waals surface area contributed by atoms with Gasteiger partial charge in [-0.3, -0.25) is 9.59 Å². The molecule has 0 aromatic heterocycles. The van der Waals surface area contributed by atoms with Crippen LogP contribution in [0.3, 0.4) is 0 Å². The first-order valence-corrected chi connectivity index (χ1v) is 16.0. The third-order valence-electron chi connectivity index (χ3n) is 6.33. The van der Waals surface area contributed by atoms with Crippen LogP contribution >= 0.6 is 9.03 Å². The number of hydrogen-bond donors (Lipinski definition) is 3. The minimum absolute atomic E-state index is 0.0529. The van der Waals surface area contributed by atoms with Crippen LogP contribution < -0.4 is 5.32 Å². The van der Waals surface area contributed by atoms with Crippen molar-refractivity contribution in [1.29, 1.82) is 0 Å². The number of carbonyl (C=O) groups excluding carboxylic acids is 3. The Morgan fingerprint density at radius 3 is 2.13 bits per heavy atom. The molecule has 0 aromatic rings. The van der Waals surface area contributed by atoms with Crippen LogP contribution in [0, 0.1) is 5.41 Å². The Bertz CT molecular complexity index is 805. The van der Waals surface area contributed by atoms with Gasteiger partial charge in [0.25, 0.3) is 12.9 Å². The summed E-state index contributed by atoms with van der Waals surface area (Å²) in [7, 11) is -0.551. The first-order chi connectivity index (χ1) is 21.7. The van der Waals surface area contributed by atoms with Gasteiger partial charge in [-0.05, 0) is 61.3 Å². The van der Waals surface area contributed by atoms with Gasteiger partial charge in [-0.1, -0.05) is 0 Å². The molecule has 3 N–H and O–H groups in total. The Labute approximate surface area is 274 Å². The summed E-state index contributed by atoms with van der Waals surface area (Å²) >= 11 is 0. The largest absolute Gasteiger partial charge is 0.464 e. The molecule has 0 bridgehead atoms. The fourth-order valence-electron chi connectivity index (χ4n) is 3.30. The monoisotopic (exact) mass is 689 g/mol. The summed E-state index contributed by atoms with van der Waals surface area (Å²) in [6.07, 6.45) is -0.953. The van der Waals surface area contributed by atoms with Crippen molar-refractivity contribution >= 4 is 28.1 Å². The van der Waals surface area contributed by atoms with E-state index in [2.05, 4.69) is 14.8 Å². The van der Waals surface area contributed by atoms with Gasteiger partial charge in [-0.15, -0.1) is 0 Å². The SMILES string of the molecule is CC(C)OCCC(C)(C)OCC(COC(=O)NCCOPOOCC(COC=O)OC=O)(COC(C)CO)COC(C)(C)CCO. The zero-order valence-corrected chi connectivity index (χ0v) is 29.3. The molecule has 4 atom stereocenters. The van der Waals surface area contributed by atoms with Crippen molar-refractivity contribution in [1.82, 2.24) is 5.32 Å². The van der Waals surface area contributed by atoms with Crippen LogP contribution in [-0.2, 0) is 56.8 Å². The van der Waals surface area contributed by atoms with E-state index in [1.165, 1.54) is 0 Å². The predicted molar refractivity (Wildman–Crippen MR) is 166 cm³/mol. The molecule has 0 saturated carbocycles. The average molecular weight is 690 g/mol. The van der Waals surface area contributed by atoms with Gasteiger partial charge in [-0.2, -0.15) is 4.67 Å². The Morgan fingerprint density at radius 2 is 1.54 bits per heavy atom. The Balaban J connectivity index is 5.16. The van der Waals surface area contributed by atoms with Crippen LogP contribution in [0.25, 0.3) is 0 Å². The van der Waals surface area contributed by atoms with E-state index in [1.807, 2.05) is 41.5 Å². The summed E-state index contributed by atoms with van der Waals surface area (Å²) < 4.78 is 49.0. The van der Waals surface area contributed by atoms with Crippen LogP contribution in [0.5, 0.6) is 0 Å². The maximum absolute atomic E-state index is 12.6. The van der Waals surface area contributed by atoms with Gasteiger partial charge in [0.15, 0.2) is 15.1 Å². The molecular formula is C29H56NO15P. The number of aliphatic hydroxyl groups excluding tert-OH is 2. The summed E-state index contributed by atoms with van der Waals surface area (Å²) in [6.45, 7) is 13.7. The average Bonchev–Trinajstić information content (AvgIpc) is 2.99. The number of aliphatic hydroxyl groups is 2. The first-order valence-electron chi connectivity index (χ1n) is 15.2. The van der Waals surface area contributed by atoms with Gasteiger partial charge < -0.3 is 53.2 Å². The molecule has 0 rings (SSSR count). The standard InChI is InChI=1S/C29H56NO15P/c1-23(2)37-12-9-28(6,7)42-20-29(17-38-24(3)14-32,19-41-27(4,5)8-11-31)18-39-26(35)30-10-13-44-46-45-43-16-25(40-22-34)15-36-21-33/h21-25,31-32,46H,8-20H2,1-7H3,(H,30,35). The Hall–Kier alpha value is -1.72. The molecule has 0 radical (unpaired) electrons. The van der Waals surface area contributed by atoms with Crippen molar-refractivity contribution in [2.75, 3.05) is 72.6 Å². The molecule has 0 saturated heterocycles. The molecule has 0 spiro atoms. The second kappa shape index (κ2) is 25.3. The highest BCUT2D eigenvalue weighted by atomic mass is 31.1. The lowest BCUT2D eigenvalue weighted by Gasteiger charge is -2.39. The van der Waals surface area contributed by atoms with Crippen molar-refractivity contribution in [2.24, 2.45) is 5.41 Å². The van der Waals surface area contributed by atoms with Gasteiger partial charge in [0.2, 0.25) is 0 Å². The fraction of sp³-hybridized carbons (Fsp3) is 0.897. The second-order valence-electron chi connectivity index (χ2n) is 12.1. The molecule has 0 aliphatic rings. The Morgan fingerprint density at radius 1 is 0.870 bits per heavy atom. The number of carbonyl (C=O) groups is 3. The molecule has 17 heteroatoms. The zero-order chi connectivity index (χ0) is 34.9. The lowest BCUT2D eigenvalue weighted by Crippen LogP contribution is -2.48. The highest BCUT2D eigenvalue weighted by Gasteiger charge is 2.38. The van der Waals surface area contributed by atoms with E-state index in [1.54, 1.807) is 6.92 Å². The summed E-state index contributed by atoms with van der Waals surface area (Å²) in [5.41, 5.74) is -2.22. The van der Waals surface area contributed by atoms with E-state index in [0.29, 0.717) is 19.4 Å². The highest BCUT2D eigenvalue weighted by Crippen LogP contribution is 2.28. The molecule has 46 heavy (non-hydrogen) atoms. The van der Waals surface area contributed by atoms with Gasteiger partial charge in [0, 0.05) is 19.8 Å². The Kier molecular flexibility index (Phi) is 24.4. The smallest absolute Gasteiger partial charge is 0.407 e. The molecular weight excluding hydrogens is 633 g/mol. The number of amides is 1. The number of rotatable bonds is 31.